The average Bonchev–Trinajstić information content (AvgIpc) is 2.99. The van der Waals surface area contributed by atoms with Gasteiger partial charge in [0.25, 0.3) is 0 Å². The molecule has 0 amide bonds. The molecule has 1 fully saturated rings. The summed E-state index contributed by atoms with van der Waals surface area (Å²) in [5, 5.41) is 3.49. The third-order valence-corrected chi connectivity index (χ3v) is 3.81. The quantitative estimate of drug-likeness (QED) is 0.612. The zero-order chi connectivity index (χ0) is 14.2. The summed E-state index contributed by atoms with van der Waals surface area (Å²) in [7, 11) is 0. The molecule has 0 aliphatic carbocycles. The van der Waals surface area contributed by atoms with Crippen molar-refractivity contribution in [1.29, 1.82) is 0 Å². The van der Waals surface area contributed by atoms with E-state index >= 15 is 0 Å². The lowest BCUT2D eigenvalue weighted by atomic mass is 10.1. The van der Waals surface area contributed by atoms with E-state index in [-0.39, 0.29) is 6.10 Å². The molecular weight excluding hydrogens is 248 g/mol. The molecule has 108 valence electrons. The average molecular weight is 272 g/mol. The molecule has 20 heavy (non-hydrogen) atoms. The van der Waals surface area contributed by atoms with Crippen LogP contribution in [0.25, 0.3) is 0 Å². The van der Waals surface area contributed by atoms with E-state index in [0.29, 0.717) is 6.04 Å². The molecule has 0 radical (unpaired) electrons. The van der Waals surface area contributed by atoms with Crippen LogP contribution in [-0.2, 0) is 6.42 Å². The Bertz CT molecular complexity index is 447. The van der Waals surface area contributed by atoms with Crippen LogP contribution in [0.15, 0.2) is 18.3 Å². The summed E-state index contributed by atoms with van der Waals surface area (Å²) < 4.78 is 6.12. The first-order chi connectivity index (χ1) is 9.81. The molecule has 1 aliphatic rings. The van der Waals surface area contributed by atoms with E-state index in [0.717, 1.165) is 43.7 Å². The Labute approximate surface area is 122 Å². The standard InChI is InChI=1S/C17H24N2O/c1-3-4-5-6-9-16-17(11-8-13-19-16)20-14(2)15-10-7-12-18-15/h1,8,11,13-15,18H,4-7,9-10,12H2,2H3/t14?,15-/m0/s1. The molecule has 3 heteroatoms. The van der Waals surface area contributed by atoms with E-state index in [1.807, 2.05) is 18.3 Å². The summed E-state index contributed by atoms with van der Waals surface area (Å²) in [4.78, 5) is 4.46. The Morgan fingerprint density at radius 2 is 2.45 bits per heavy atom. The second kappa shape index (κ2) is 7.91. The maximum absolute atomic E-state index is 6.12. The van der Waals surface area contributed by atoms with Gasteiger partial charge in [0.15, 0.2) is 0 Å². The van der Waals surface area contributed by atoms with Crippen molar-refractivity contribution in [3.8, 4) is 18.1 Å². The van der Waals surface area contributed by atoms with Crippen molar-refractivity contribution in [2.45, 2.75) is 57.6 Å². The summed E-state index contributed by atoms with van der Waals surface area (Å²) in [6, 6.07) is 4.42. The van der Waals surface area contributed by atoms with Crippen LogP contribution in [0.4, 0.5) is 0 Å². The van der Waals surface area contributed by atoms with Gasteiger partial charge in [-0.15, -0.1) is 12.3 Å². The summed E-state index contributed by atoms with van der Waals surface area (Å²) in [5.41, 5.74) is 1.05. The number of ether oxygens (including phenoxy) is 1. The Morgan fingerprint density at radius 1 is 1.55 bits per heavy atom. The Balaban J connectivity index is 1.91. The van der Waals surface area contributed by atoms with Gasteiger partial charge in [0.2, 0.25) is 0 Å². The van der Waals surface area contributed by atoms with Crippen molar-refractivity contribution in [1.82, 2.24) is 10.3 Å². The zero-order valence-electron chi connectivity index (χ0n) is 12.3. The van der Waals surface area contributed by atoms with Crippen LogP contribution in [0, 0.1) is 12.3 Å². The molecule has 0 spiro atoms. The number of hydrogen-bond donors (Lipinski definition) is 1. The predicted octanol–water partition coefficient (Wildman–Crippen LogP) is 2.95. The fourth-order valence-electron chi connectivity index (χ4n) is 2.63. The Hall–Kier alpha value is -1.53. The van der Waals surface area contributed by atoms with Gasteiger partial charge in [0.05, 0.1) is 5.69 Å². The van der Waals surface area contributed by atoms with Crippen molar-refractivity contribution in [2.24, 2.45) is 0 Å². The molecule has 3 nitrogen and oxygen atoms in total. The van der Waals surface area contributed by atoms with E-state index in [1.165, 1.54) is 12.8 Å². The lowest BCUT2D eigenvalue weighted by Gasteiger charge is -2.22. The maximum atomic E-state index is 6.12. The maximum Gasteiger partial charge on any atom is 0.141 e. The van der Waals surface area contributed by atoms with Gasteiger partial charge < -0.3 is 10.1 Å². The largest absolute Gasteiger partial charge is 0.487 e. The van der Waals surface area contributed by atoms with E-state index in [1.54, 1.807) is 0 Å². The van der Waals surface area contributed by atoms with Gasteiger partial charge in [-0.1, -0.05) is 0 Å². The molecule has 1 unspecified atom stereocenters. The third-order valence-electron chi connectivity index (χ3n) is 3.81. The van der Waals surface area contributed by atoms with Crippen molar-refractivity contribution < 1.29 is 4.74 Å². The summed E-state index contributed by atoms with van der Waals surface area (Å²) in [6.07, 6.45) is 13.6. The van der Waals surface area contributed by atoms with Crippen molar-refractivity contribution >= 4 is 0 Å². The number of rotatable bonds is 7. The highest BCUT2D eigenvalue weighted by Crippen LogP contribution is 2.22. The van der Waals surface area contributed by atoms with Gasteiger partial charge in [-0.05, 0) is 57.7 Å². The van der Waals surface area contributed by atoms with Gasteiger partial charge >= 0.3 is 0 Å². The van der Waals surface area contributed by atoms with Gasteiger partial charge in [0.1, 0.15) is 11.9 Å². The highest BCUT2D eigenvalue weighted by molar-refractivity contribution is 5.27. The van der Waals surface area contributed by atoms with Crippen LogP contribution < -0.4 is 10.1 Å². The zero-order valence-corrected chi connectivity index (χ0v) is 12.3. The van der Waals surface area contributed by atoms with E-state index < -0.39 is 0 Å². The molecule has 2 heterocycles. The molecule has 0 bridgehead atoms. The minimum atomic E-state index is 0.186. The third kappa shape index (κ3) is 4.25. The molecule has 0 saturated carbocycles. The molecule has 1 aromatic heterocycles. The van der Waals surface area contributed by atoms with Gasteiger partial charge in [-0.25, -0.2) is 0 Å². The molecule has 2 atom stereocenters. The number of nitrogens with zero attached hydrogens (tertiary/aromatic N) is 1. The molecular formula is C17H24N2O. The number of nitrogens with one attached hydrogen (secondary N) is 1. The van der Waals surface area contributed by atoms with Crippen molar-refractivity contribution in [2.75, 3.05) is 6.54 Å². The second-order valence-electron chi connectivity index (χ2n) is 5.39. The first-order valence-corrected chi connectivity index (χ1v) is 7.58. The van der Waals surface area contributed by atoms with Gasteiger partial charge in [-0.2, -0.15) is 0 Å². The normalized spacial score (nSPS) is 19.5. The van der Waals surface area contributed by atoms with E-state index in [2.05, 4.69) is 23.1 Å². The second-order valence-corrected chi connectivity index (χ2v) is 5.39. The molecule has 1 saturated heterocycles. The van der Waals surface area contributed by atoms with Crippen LogP contribution in [0.2, 0.25) is 0 Å². The molecule has 1 aromatic rings. The first-order valence-electron chi connectivity index (χ1n) is 7.58. The summed E-state index contributed by atoms with van der Waals surface area (Å²) in [5.74, 6) is 3.60. The Morgan fingerprint density at radius 3 is 3.20 bits per heavy atom. The van der Waals surface area contributed by atoms with Crippen LogP contribution in [0.3, 0.4) is 0 Å². The number of aryl methyl sites for hydroxylation is 1. The number of unbranched alkanes of at least 4 members (excludes halogenated alkanes) is 2. The fraction of sp³-hybridized carbons (Fsp3) is 0.588. The van der Waals surface area contributed by atoms with Crippen molar-refractivity contribution in [3.63, 3.8) is 0 Å². The number of terminal acetylenes is 1. The van der Waals surface area contributed by atoms with Gasteiger partial charge in [0, 0.05) is 18.7 Å². The lowest BCUT2D eigenvalue weighted by molar-refractivity contribution is 0.177. The smallest absolute Gasteiger partial charge is 0.141 e. The molecule has 1 N–H and O–H groups in total. The SMILES string of the molecule is C#CCCCCc1ncccc1OC(C)[C@@H]1CCCN1. The summed E-state index contributed by atoms with van der Waals surface area (Å²) >= 11 is 0. The monoisotopic (exact) mass is 272 g/mol. The van der Waals surface area contributed by atoms with Crippen LogP contribution in [0.5, 0.6) is 5.75 Å². The highest BCUT2D eigenvalue weighted by atomic mass is 16.5. The topological polar surface area (TPSA) is 34.1 Å². The van der Waals surface area contributed by atoms with Crippen LogP contribution in [-0.4, -0.2) is 23.7 Å². The van der Waals surface area contributed by atoms with Crippen molar-refractivity contribution in [3.05, 3.63) is 24.0 Å². The summed E-state index contributed by atoms with van der Waals surface area (Å²) in [6.45, 7) is 3.24. The van der Waals surface area contributed by atoms with Crippen LogP contribution in [0.1, 0.15) is 44.7 Å². The molecule has 1 aliphatic heterocycles. The first kappa shape index (κ1) is 14.9. The minimum absolute atomic E-state index is 0.186. The van der Waals surface area contributed by atoms with Crippen LogP contribution >= 0.6 is 0 Å². The molecule has 0 aromatic carbocycles. The Kier molecular flexibility index (Phi) is 5.88. The lowest BCUT2D eigenvalue weighted by Crippen LogP contribution is -2.36. The minimum Gasteiger partial charge on any atom is -0.487 e. The number of hydrogen-bond acceptors (Lipinski definition) is 3. The van der Waals surface area contributed by atoms with E-state index in [4.69, 9.17) is 11.2 Å². The van der Waals surface area contributed by atoms with E-state index in [9.17, 15) is 0 Å². The number of pyridine rings is 1. The number of aromatic nitrogens is 1. The fourth-order valence-corrected chi connectivity index (χ4v) is 2.63. The van der Waals surface area contributed by atoms with Gasteiger partial charge in [-0.3, -0.25) is 4.98 Å². The molecule has 2 rings (SSSR count). The highest BCUT2D eigenvalue weighted by Gasteiger charge is 2.22. The predicted molar refractivity (Wildman–Crippen MR) is 81.7 cm³/mol.